The highest BCUT2D eigenvalue weighted by molar-refractivity contribution is 7.71. The van der Waals surface area contributed by atoms with E-state index < -0.39 is 31.1 Å². The van der Waals surface area contributed by atoms with Gasteiger partial charge in [0.25, 0.3) is 0 Å². The van der Waals surface area contributed by atoms with Crippen LogP contribution in [0.1, 0.15) is 6.23 Å². The molecular formula is C10H13N5O4S. The van der Waals surface area contributed by atoms with E-state index in [4.69, 9.17) is 27.8 Å². The molecule has 9 nitrogen and oxygen atoms in total. The van der Waals surface area contributed by atoms with Crippen LogP contribution in [0.2, 0.25) is 0 Å². The Bertz CT molecular complexity index is 701. The molecule has 0 amide bonds. The van der Waals surface area contributed by atoms with Crippen molar-refractivity contribution in [1.82, 2.24) is 19.5 Å². The molecule has 1 aliphatic heterocycles. The van der Waals surface area contributed by atoms with Crippen molar-refractivity contribution in [3.05, 3.63) is 11.1 Å². The summed E-state index contributed by atoms with van der Waals surface area (Å²) in [5, 5.41) is 28.9. The minimum Gasteiger partial charge on any atom is -0.394 e. The maximum atomic E-state index is 10.0. The molecule has 3 rings (SSSR count). The monoisotopic (exact) mass is 299 g/mol. The van der Waals surface area contributed by atoms with Crippen LogP contribution in [0.4, 0.5) is 5.82 Å². The van der Waals surface area contributed by atoms with Crippen LogP contribution in [-0.2, 0) is 4.74 Å². The Kier molecular flexibility index (Phi) is 3.18. The molecule has 0 aromatic carbocycles. The van der Waals surface area contributed by atoms with Crippen LogP contribution in [-0.4, -0.2) is 59.8 Å². The standard InChI is InChI=1S/C10H13N5O4S/c11-7-4-8(14-10(20)13-7)15(2-12-4)9-6(18)5(17)3(1-16)19-9/h2-3,5-6,9,16-18H,1H2,(H3,11,13,14,20)/t3-,5?,6?,9-/m1/s1. The molecule has 0 spiro atoms. The Hall–Kier alpha value is -1.59. The number of fused-ring (bicyclic) bond motifs is 1. The second-order valence-corrected chi connectivity index (χ2v) is 4.90. The van der Waals surface area contributed by atoms with E-state index in [2.05, 4.69) is 15.0 Å². The highest BCUT2D eigenvalue weighted by Gasteiger charge is 2.43. The largest absolute Gasteiger partial charge is 0.394 e. The number of nitrogens with zero attached hydrogens (tertiary/aromatic N) is 3. The third-order valence-corrected chi connectivity index (χ3v) is 3.46. The molecule has 10 heteroatoms. The van der Waals surface area contributed by atoms with E-state index >= 15 is 0 Å². The highest BCUT2D eigenvalue weighted by Crippen LogP contribution is 2.31. The molecule has 0 bridgehead atoms. The highest BCUT2D eigenvalue weighted by atomic mass is 32.1. The number of ether oxygens (including phenoxy) is 1. The van der Waals surface area contributed by atoms with Crippen molar-refractivity contribution in [2.24, 2.45) is 0 Å². The third-order valence-electron chi connectivity index (χ3n) is 3.26. The molecule has 4 atom stereocenters. The fraction of sp³-hybridized carbons (Fsp3) is 0.500. The SMILES string of the molecule is Nc1[nH]c(=S)nc2c1ncn2[C@@H]1O[C@H](CO)C(O)C1O. The molecule has 1 aliphatic rings. The molecule has 20 heavy (non-hydrogen) atoms. The van der Waals surface area contributed by atoms with Gasteiger partial charge >= 0.3 is 0 Å². The van der Waals surface area contributed by atoms with Gasteiger partial charge in [0.2, 0.25) is 0 Å². The average molecular weight is 299 g/mol. The fourth-order valence-corrected chi connectivity index (χ4v) is 2.45. The van der Waals surface area contributed by atoms with Crippen molar-refractivity contribution in [2.45, 2.75) is 24.5 Å². The molecule has 2 aromatic rings. The Labute approximate surface area is 117 Å². The molecular weight excluding hydrogens is 286 g/mol. The summed E-state index contributed by atoms with van der Waals surface area (Å²) >= 11 is 4.95. The van der Waals surface area contributed by atoms with E-state index in [-0.39, 0.29) is 10.6 Å². The van der Waals surface area contributed by atoms with E-state index in [1.807, 2.05) is 0 Å². The number of aliphatic hydroxyl groups is 3. The lowest BCUT2D eigenvalue weighted by Gasteiger charge is -2.16. The van der Waals surface area contributed by atoms with Gasteiger partial charge in [0.15, 0.2) is 16.6 Å². The summed E-state index contributed by atoms with van der Waals surface area (Å²) in [5.41, 5.74) is 6.47. The molecule has 2 aromatic heterocycles. The van der Waals surface area contributed by atoms with Gasteiger partial charge in [0, 0.05) is 0 Å². The minimum atomic E-state index is -1.22. The number of aromatic nitrogens is 4. The molecule has 6 N–H and O–H groups in total. The Morgan fingerprint density at radius 3 is 2.85 bits per heavy atom. The maximum absolute atomic E-state index is 10.0. The van der Waals surface area contributed by atoms with Crippen LogP contribution in [0, 0.1) is 4.77 Å². The fourth-order valence-electron chi connectivity index (χ4n) is 2.25. The lowest BCUT2D eigenvalue weighted by atomic mass is 10.1. The zero-order valence-electron chi connectivity index (χ0n) is 10.2. The van der Waals surface area contributed by atoms with Gasteiger partial charge in [-0.3, -0.25) is 4.57 Å². The number of nitrogens with one attached hydrogen (secondary N) is 1. The summed E-state index contributed by atoms with van der Waals surface area (Å²) < 4.78 is 7.01. The molecule has 3 heterocycles. The van der Waals surface area contributed by atoms with Gasteiger partial charge in [0.05, 0.1) is 12.9 Å². The first-order chi connectivity index (χ1) is 9.52. The number of aliphatic hydroxyl groups excluding tert-OH is 3. The summed E-state index contributed by atoms with van der Waals surface area (Å²) in [5.74, 6) is 0.255. The second-order valence-electron chi connectivity index (χ2n) is 4.51. The number of hydrogen-bond donors (Lipinski definition) is 5. The number of nitrogen functional groups attached to an aromatic ring is 1. The summed E-state index contributed by atoms with van der Waals surface area (Å²) in [6.07, 6.45) is -2.82. The zero-order valence-corrected chi connectivity index (χ0v) is 11.0. The van der Waals surface area contributed by atoms with Crippen LogP contribution in [0.25, 0.3) is 11.2 Å². The van der Waals surface area contributed by atoms with Crippen LogP contribution < -0.4 is 5.73 Å². The summed E-state index contributed by atoms with van der Waals surface area (Å²) in [6, 6.07) is 0. The summed E-state index contributed by atoms with van der Waals surface area (Å²) in [6.45, 7) is -0.406. The molecule has 0 saturated carbocycles. The van der Waals surface area contributed by atoms with Crippen molar-refractivity contribution < 1.29 is 20.1 Å². The normalized spacial score (nSPS) is 30.1. The topological polar surface area (TPSA) is 142 Å². The molecule has 0 radical (unpaired) electrons. The number of anilines is 1. The van der Waals surface area contributed by atoms with Crippen molar-refractivity contribution >= 4 is 29.2 Å². The molecule has 0 aliphatic carbocycles. The average Bonchev–Trinajstić information content (AvgIpc) is 2.93. The van der Waals surface area contributed by atoms with Gasteiger partial charge in [-0.1, -0.05) is 0 Å². The Morgan fingerprint density at radius 1 is 1.45 bits per heavy atom. The quantitative estimate of drug-likeness (QED) is 0.430. The molecule has 108 valence electrons. The number of hydrogen-bond acceptors (Lipinski definition) is 8. The minimum absolute atomic E-state index is 0.170. The third kappa shape index (κ3) is 1.89. The Morgan fingerprint density at radius 2 is 2.20 bits per heavy atom. The predicted octanol–water partition coefficient (Wildman–Crippen LogP) is -1.32. The van der Waals surface area contributed by atoms with Gasteiger partial charge in [0.1, 0.15) is 29.6 Å². The lowest BCUT2D eigenvalue weighted by molar-refractivity contribution is -0.0511. The van der Waals surface area contributed by atoms with Crippen molar-refractivity contribution in [3.8, 4) is 0 Å². The lowest BCUT2D eigenvalue weighted by Crippen LogP contribution is -2.33. The summed E-state index contributed by atoms with van der Waals surface area (Å²) in [7, 11) is 0. The van der Waals surface area contributed by atoms with Gasteiger partial charge in [-0.05, 0) is 12.2 Å². The number of nitrogens with two attached hydrogens (primary N) is 1. The van der Waals surface area contributed by atoms with E-state index in [9.17, 15) is 10.2 Å². The first-order valence-electron chi connectivity index (χ1n) is 5.87. The second kappa shape index (κ2) is 4.75. The molecule has 1 saturated heterocycles. The van der Waals surface area contributed by atoms with Crippen molar-refractivity contribution in [3.63, 3.8) is 0 Å². The van der Waals surface area contributed by atoms with E-state index in [0.717, 1.165) is 0 Å². The first kappa shape index (κ1) is 13.4. The van der Waals surface area contributed by atoms with Crippen molar-refractivity contribution in [1.29, 1.82) is 0 Å². The number of rotatable bonds is 2. The zero-order chi connectivity index (χ0) is 14.4. The number of imidazole rings is 1. The van der Waals surface area contributed by atoms with Crippen molar-refractivity contribution in [2.75, 3.05) is 12.3 Å². The number of H-pyrrole nitrogens is 1. The van der Waals surface area contributed by atoms with E-state index in [1.54, 1.807) is 0 Å². The van der Waals surface area contributed by atoms with Crippen LogP contribution >= 0.6 is 12.2 Å². The van der Waals surface area contributed by atoms with E-state index in [0.29, 0.717) is 11.2 Å². The predicted molar refractivity (Wildman–Crippen MR) is 70.1 cm³/mol. The maximum Gasteiger partial charge on any atom is 0.200 e. The molecule has 2 unspecified atom stereocenters. The smallest absolute Gasteiger partial charge is 0.200 e. The van der Waals surface area contributed by atoms with Gasteiger partial charge in [-0.25, -0.2) is 4.98 Å². The summed E-state index contributed by atoms with van der Waals surface area (Å²) in [4.78, 5) is 10.8. The van der Waals surface area contributed by atoms with Crippen LogP contribution in [0.5, 0.6) is 0 Å². The molecule has 1 fully saturated rings. The first-order valence-corrected chi connectivity index (χ1v) is 6.28. The van der Waals surface area contributed by atoms with Gasteiger partial charge in [-0.15, -0.1) is 0 Å². The Balaban J connectivity index is 2.09. The van der Waals surface area contributed by atoms with E-state index in [1.165, 1.54) is 10.9 Å². The van der Waals surface area contributed by atoms with Gasteiger partial charge in [-0.2, -0.15) is 4.98 Å². The van der Waals surface area contributed by atoms with Gasteiger partial charge < -0.3 is 30.8 Å². The number of aromatic amines is 1. The van der Waals surface area contributed by atoms with Crippen LogP contribution in [0.3, 0.4) is 0 Å². The van der Waals surface area contributed by atoms with Crippen LogP contribution in [0.15, 0.2) is 6.33 Å².